The van der Waals surface area contributed by atoms with Gasteiger partial charge < -0.3 is 15.4 Å². The van der Waals surface area contributed by atoms with Crippen LogP contribution in [0.25, 0.3) is 10.9 Å². The standard InChI is InChI=1S/C23H25N3O3S/c1-29-17-7-5-15-6-9-22(19(15)13-17)26-23-10-8-18-20(3-2-4-21(18)25-23)24-16-11-12-30(27,28)14-16/h2-5,7-8,10,13,16,22,24H,6,9,11-12,14H2,1H3,(H,25,26). The molecule has 6 nitrogen and oxygen atoms in total. The minimum Gasteiger partial charge on any atom is -0.497 e. The number of aromatic nitrogens is 1. The summed E-state index contributed by atoms with van der Waals surface area (Å²) in [7, 11) is -1.22. The average Bonchev–Trinajstić information content (AvgIpc) is 3.30. The lowest BCUT2D eigenvalue weighted by Gasteiger charge is -2.17. The van der Waals surface area contributed by atoms with E-state index >= 15 is 0 Å². The fourth-order valence-electron chi connectivity index (χ4n) is 4.53. The van der Waals surface area contributed by atoms with E-state index in [1.807, 2.05) is 30.3 Å². The van der Waals surface area contributed by atoms with Crippen LogP contribution >= 0.6 is 0 Å². The predicted octanol–water partition coefficient (Wildman–Crippen LogP) is 3.94. The van der Waals surface area contributed by atoms with Gasteiger partial charge in [-0.1, -0.05) is 12.1 Å². The van der Waals surface area contributed by atoms with Crippen LogP contribution in [0.1, 0.15) is 30.0 Å². The number of anilines is 2. The Bertz CT molecular complexity index is 1210. The normalized spacial score (nSPS) is 22.0. The number of fused-ring (bicyclic) bond motifs is 2. The lowest BCUT2D eigenvalue weighted by atomic mass is 10.1. The highest BCUT2D eigenvalue weighted by atomic mass is 32.2. The topological polar surface area (TPSA) is 80.3 Å². The number of rotatable bonds is 5. The summed E-state index contributed by atoms with van der Waals surface area (Å²) in [5.41, 5.74) is 4.44. The Morgan fingerprint density at radius 3 is 2.77 bits per heavy atom. The van der Waals surface area contributed by atoms with Gasteiger partial charge in [-0.25, -0.2) is 13.4 Å². The molecule has 0 radical (unpaired) electrons. The van der Waals surface area contributed by atoms with Crippen LogP contribution in [0.2, 0.25) is 0 Å². The third-order valence-electron chi connectivity index (χ3n) is 6.08. The van der Waals surface area contributed by atoms with E-state index in [2.05, 4.69) is 28.8 Å². The van der Waals surface area contributed by atoms with E-state index in [4.69, 9.17) is 9.72 Å². The van der Waals surface area contributed by atoms with Crippen LogP contribution in [0.5, 0.6) is 5.75 Å². The van der Waals surface area contributed by atoms with Crippen molar-refractivity contribution in [3.05, 3.63) is 59.7 Å². The van der Waals surface area contributed by atoms with Gasteiger partial charge in [0.2, 0.25) is 0 Å². The first-order chi connectivity index (χ1) is 14.5. The lowest BCUT2D eigenvalue weighted by Crippen LogP contribution is -2.20. The number of hydrogen-bond acceptors (Lipinski definition) is 6. The molecule has 1 aliphatic carbocycles. The fraction of sp³-hybridized carbons (Fsp3) is 0.348. The van der Waals surface area contributed by atoms with Crippen LogP contribution in [0, 0.1) is 0 Å². The highest BCUT2D eigenvalue weighted by Crippen LogP contribution is 2.36. The van der Waals surface area contributed by atoms with Gasteiger partial charge in [0.1, 0.15) is 11.6 Å². The number of ether oxygens (including phenoxy) is 1. The van der Waals surface area contributed by atoms with E-state index in [9.17, 15) is 8.42 Å². The van der Waals surface area contributed by atoms with Crippen molar-refractivity contribution >= 4 is 32.2 Å². The molecule has 5 rings (SSSR count). The van der Waals surface area contributed by atoms with Gasteiger partial charge >= 0.3 is 0 Å². The molecule has 1 fully saturated rings. The van der Waals surface area contributed by atoms with Crippen molar-refractivity contribution in [2.75, 3.05) is 29.2 Å². The predicted molar refractivity (Wildman–Crippen MR) is 120 cm³/mol. The first kappa shape index (κ1) is 19.2. The zero-order valence-corrected chi connectivity index (χ0v) is 17.7. The molecule has 0 spiro atoms. The van der Waals surface area contributed by atoms with Crippen LogP contribution in [0.15, 0.2) is 48.5 Å². The average molecular weight is 424 g/mol. The summed E-state index contributed by atoms with van der Waals surface area (Å²) in [6.45, 7) is 0. The molecule has 1 aliphatic heterocycles. The van der Waals surface area contributed by atoms with Gasteiger partial charge in [0.15, 0.2) is 9.84 Å². The molecule has 2 atom stereocenters. The molecular formula is C23H25N3O3S. The number of nitrogens with one attached hydrogen (secondary N) is 2. The quantitative estimate of drug-likeness (QED) is 0.647. The second-order valence-electron chi connectivity index (χ2n) is 8.11. The third kappa shape index (κ3) is 3.69. The number of benzene rings is 2. The van der Waals surface area contributed by atoms with Crippen LogP contribution in [-0.2, 0) is 16.3 Å². The number of sulfone groups is 1. The van der Waals surface area contributed by atoms with Gasteiger partial charge in [0, 0.05) is 17.1 Å². The minimum atomic E-state index is -2.92. The zero-order chi connectivity index (χ0) is 20.7. The maximum atomic E-state index is 11.8. The molecule has 0 bridgehead atoms. The summed E-state index contributed by atoms with van der Waals surface area (Å²) < 4.78 is 28.9. The molecule has 1 saturated heterocycles. The minimum absolute atomic E-state index is 0.0385. The Morgan fingerprint density at radius 2 is 1.97 bits per heavy atom. The number of nitrogens with zero attached hydrogens (tertiary/aromatic N) is 1. The van der Waals surface area contributed by atoms with Gasteiger partial charge in [-0.2, -0.15) is 0 Å². The Balaban J connectivity index is 1.38. The summed E-state index contributed by atoms with van der Waals surface area (Å²) in [6, 6.07) is 16.4. The second-order valence-corrected chi connectivity index (χ2v) is 10.3. The van der Waals surface area contributed by atoms with Gasteiger partial charge in [0.05, 0.1) is 30.2 Å². The van der Waals surface area contributed by atoms with Crippen LogP contribution in [0.3, 0.4) is 0 Å². The van der Waals surface area contributed by atoms with Crippen molar-refractivity contribution in [3.8, 4) is 5.75 Å². The fourth-order valence-corrected chi connectivity index (χ4v) is 6.20. The first-order valence-corrected chi connectivity index (χ1v) is 12.1. The van der Waals surface area contributed by atoms with Gasteiger partial charge in [0.25, 0.3) is 0 Å². The van der Waals surface area contributed by atoms with Gasteiger partial charge in [-0.3, -0.25) is 0 Å². The Kier molecular flexibility index (Phi) is 4.77. The summed E-state index contributed by atoms with van der Waals surface area (Å²) in [5, 5.41) is 7.98. The zero-order valence-electron chi connectivity index (χ0n) is 16.9. The summed E-state index contributed by atoms with van der Waals surface area (Å²) in [6.07, 6.45) is 2.72. The van der Waals surface area contributed by atoms with Crippen molar-refractivity contribution in [2.24, 2.45) is 0 Å². The molecule has 0 amide bonds. The third-order valence-corrected chi connectivity index (χ3v) is 7.84. The summed E-state index contributed by atoms with van der Waals surface area (Å²) >= 11 is 0. The SMILES string of the molecule is COc1ccc2c(c1)C(Nc1ccc3c(NC4CCS(=O)(=O)C4)cccc3n1)CC2. The van der Waals surface area contributed by atoms with E-state index < -0.39 is 9.84 Å². The van der Waals surface area contributed by atoms with Gasteiger partial charge in [-0.15, -0.1) is 0 Å². The van der Waals surface area contributed by atoms with Crippen LogP contribution < -0.4 is 15.4 Å². The smallest absolute Gasteiger partial charge is 0.152 e. The summed E-state index contributed by atoms with van der Waals surface area (Å²) in [5.74, 6) is 2.17. The molecule has 1 aromatic heterocycles. The highest BCUT2D eigenvalue weighted by molar-refractivity contribution is 7.91. The second kappa shape index (κ2) is 7.47. The number of pyridine rings is 1. The van der Waals surface area contributed by atoms with Crippen molar-refractivity contribution in [1.29, 1.82) is 0 Å². The Hall–Kier alpha value is -2.80. The number of hydrogen-bond donors (Lipinski definition) is 2. The number of aryl methyl sites for hydroxylation is 1. The Labute approximate surface area is 176 Å². The first-order valence-electron chi connectivity index (χ1n) is 10.3. The molecule has 2 aromatic carbocycles. The lowest BCUT2D eigenvalue weighted by molar-refractivity contribution is 0.414. The van der Waals surface area contributed by atoms with E-state index in [0.717, 1.165) is 41.0 Å². The molecule has 0 saturated carbocycles. The highest BCUT2D eigenvalue weighted by Gasteiger charge is 2.28. The van der Waals surface area contributed by atoms with E-state index in [0.29, 0.717) is 6.42 Å². The molecule has 7 heteroatoms. The molecule has 156 valence electrons. The molecular weight excluding hydrogens is 398 g/mol. The van der Waals surface area contributed by atoms with Crippen LogP contribution in [-0.4, -0.2) is 38.1 Å². The van der Waals surface area contributed by atoms with Crippen LogP contribution in [0.4, 0.5) is 11.5 Å². The maximum absolute atomic E-state index is 11.8. The summed E-state index contributed by atoms with van der Waals surface area (Å²) in [4.78, 5) is 4.82. The molecule has 3 aromatic rings. The van der Waals surface area contributed by atoms with Crippen molar-refractivity contribution in [3.63, 3.8) is 0 Å². The molecule has 2 heterocycles. The van der Waals surface area contributed by atoms with E-state index in [1.54, 1.807) is 7.11 Å². The van der Waals surface area contributed by atoms with Crippen molar-refractivity contribution in [2.45, 2.75) is 31.3 Å². The largest absolute Gasteiger partial charge is 0.497 e. The van der Waals surface area contributed by atoms with Crippen molar-refractivity contribution in [1.82, 2.24) is 4.98 Å². The van der Waals surface area contributed by atoms with E-state index in [-0.39, 0.29) is 23.6 Å². The molecule has 2 N–H and O–H groups in total. The molecule has 2 unspecified atom stereocenters. The van der Waals surface area contributed by atoms with E-state index in [1.165, 1.54) is 11.1 Å². The maximum Gasteiger partial charge on any atom is 0.152 e. The number of methoxy groups -OCH3 is 1. The molecule has 30 heavy (non-hydrogen) atoms. The van der Waals surface area contributed by atoms with Gasteiger partial charge in [-0.05, 0) is 66.8 Å². The molecule has 2 aliphatic rings. The monoisotopic (exact) mass is 423 g/mol. The van der Waals surface area contributed by atoms with Crippen molar-refractivity contribution < 1.29 is 13.2 Å². The Morgan fingerprint density at radius 1 is 1.07 bits per heavy atom.